The van der Waals surface area contributed by atoms with E-state index in [4.69, 9.17) is 11.6 Å². The van der Waals surface area contributed by atoms with Crippen molar-refractivity contribution in [2.75, 3.05) is 0 Å². The molecule has 0 saturated carbocycles. The van der Waals surface area contributed by atoms with Gasteiger partial charge in [-0.25, -0.2) is 0 Å². The van der Waals surface area contributed by atoms with Gasteiger partial charge in [-0.1, -0.05) is 53.7 Å². The van der Waals surface area contributed by atoms with E-state index in [0.717, 1.165) is 16.3 Å². The zero-order valence-electron chi connectivity index (χ0n) is 12.7. The van der Waals surface area contributed by atoms with Gasteiger partial charge < -0.3 is 0 Å². The van der Waals surface area contributed by atoms with E-state index in [1.54, 1.807) is 11.8 Å². The zero-order chi connectivity index (χ0) is 16.1. The summed E-state index contributed by atoms with van der Waals surface area (Å²) in [5, 5.41) is 0.761. The molecule has 0 aromatic heterocycles. The molecule has 0 N–H and O–H groups in total. The van der Waals surface area contributed by atoms with E-state index in [1.807, 2.05) is 48.7 Å². The fraction of sp³-hybridized carbons (Fsp3) is 0.0500. The zero-order valence-corrected chi connectivity index (χ0v) is 14.3. The van der Waals surface area contributed by atoms with Crippen molar-refractivity contribution in [2.24, 2.45) is 4.99 Å². The second-order valence-electron chi connectivity index (χ2n) is 5.17. The van der Waals surface area contributed by atoms with E-state index in [9.17, 15) is 0 Å². The lowest BCUT2D eigenvalue weighted by atomic mass is 10.2. The lowest BCUT2D eigenvalue weighted by Gasteiger charge is -2.03. The number of hydrogen-bond donors (Lipinski definition) is 0. The molecule has 0 amide bonds. The van der Waals surface area contributed by atoms with Gasteiger partial charge in [0.2, 0.25) is 0 Å². The van der Waals surface area contributed by atoms with Gasteiger partial charge in [0.05, 0.1) is 5.69 Å². The third-order valence-electron chi connectivity index (χ3n) is 3.40. The highest BCUT2D eigenvalue weighted by Gasteiger charge is 1.98. The minimum absolute atomic E-state index is 0.761. The number of rotatable bonds is 4. The normalized spacial score (nSPS) is 11.0. The third-order valence-corrected chi connectivity index (χ3v) is 4.67. The van der Waals surface area contributed by atoms with Crippen LogP contribution in [0.25, 0.3) is 0 Å². The lowest BCUT2D eigenvalue weighted by Crippen LogP contribution is -1.82. The topological polar surface area (TPSA) is 12.4 Å². The van der Waals surface area contributed by atoms with Crippen molar-refractivity contribution in [1.82, 2.24) is 0 Å². The molecule has 0 aliphatic heterocycles. The summed E-state index contributed by atoms with van der Waals surface area (Å²) in [5.41, 5.74) is 3.28. The molecule has 3 aromatic carbocycles. The molecule has 0 fully saturated rings. The van der Waals surface area contributed by atoms with Crippen LogP contribution in [0, 0.1) is 6.92 Å². The van der Waals surface area contributed by atoms with E-state index < -0.39 is 0 Å². The number of benzene rings is 3. The van der Waals surface area contributed by atoms with Gasteiger partial charge in [-0.15, -0.1) is 0 Å². The first-order chi connectivity index (χ1) is 11.2. The Kier molecular flexibility index (Phi) is 5.16. The van der Waals surface area contributed by atoms with Gasteiger partial charge in [0, 0.05) is 21.0 Å². The van der Waals surface area contributed by atoms with Crippen LogP contribution in [-0.2, 0) is 0 Å². The number of hydrogen-bond acceptors (Lipinski definition) is 2. The molecule has 114 valence electrons. The number of halogens is 1. The number of para-hydroxylation sites is 1. The van der Waals surface area contributed by atoms with E-state index in [2.05, 4.69) is 42.2 Å². The van der Waals surface area contributed by atoms with Crippen molar-refractivity contribution in [1.29, 1.82) is 0 Å². The summed E-state index contributed by atoms with van der Waals surface area (Å²) in [5.74, 6) is 0. The summed E-state index contributed by atoms with van der Waals surface area (Å²) >= 11 is 7.63. The Bertz CT molecular complexity index is 808. The van der Waals surface area contributed by atoms with Gasteiger partial charge in [-0.2, -0.15) is 0 Å². The van der Waals surface area contributed by atoms with Crippen LogP contribution in [0.1, 0.15) is 11.1 Å². The van der Waals surface area contributed by atoms with Crippen LogP contribution >= 0.6 is 23.4 Å². The van der Waals surface area contributed by atoms with Gasteiger partial charge in [-0.05, 0) is 60.5 Å². The van der Waals surface area contributed by atoms with Gasteiger partial charge in [0.1, 0.15) is 0 Å². The Labute approximate surface area is 146 Å². The third kappa shape index (κ3) is 4.47. The van der Waals surface area contributed by atoms with Crippen LogP contribution < -0.4 is 0 Å². The largest absolute Gasteiger partial charge is 0.256 e. The quantitative estimate of drug-likeness (QED) is 0.492. The van der Waals surface area contributed by atoms with Crippen molar-refractivity contribution in [3.8, 4) is 0 Å². The van der Waals surface area contributed by atoms with E-state index in [0.29, 0.717) is 0 Å². The molecule has 0 aliphatic carbocycles. The molecule has 3 rings (SSSR count). The first-order valence-corrected chi connectivity index (χ1v) is 8.53. The molecular weight excluding hydrogens is 322 g/mol. The summed E-state index contributed by atoms with van der Waals surface area (Å²) in [7, 11) is 0. The summed E-state index contributed by atoms with van der Waals surface area (Å²) in [6.45, 7) is 2.07. The highest BCUT2D eigenvalue weighted by atomic mass is 35.5. The van der Waals surface area contributed by atoms with Gasteiger partial charge >= 0.3 is 0 Å². The van der Waals surface area contributed by atoms with Gasteiger partial charge in [-0.3, -0.25) is 4.99 Å². The van der Waals surface area contributed by atoms with Gasteiger partial charge in [0.25, 0.3) is 0 Å². The van der Waals surface area contributed by atoms with Crippen LogP contribution in [0.3, 0.4) is 0 Å². The maximum Gasteiger partial charge on any atom is 0.0659 e. The maximum atomic E-state index is 5.91. The lowest BCUT2D eigenvalue weighted by molar-refractivity contribution is 1.39. The Morgan fingerprint density at radius 2 is 1.43 bits per heavy atom. The second-order valence-corrected chi connectivity index (χ2v) is 6.75. The Hall–Kier alpha value is -2.03. The molecule has 0 atom stereocenters. The molecule has 3 aromatic rings. The first kappa shape index (κ1) is 15.9. The molecular formula is C20H16ClNS. The van der Waals surface area contributed by atoms with E-state index in [1.165, 1.54) is 15.4 Å². The Balaban J connectivity index is 1.69. The van der Waals surface area contributed by atoms with Gasteiger partial charge in [0.15, 0.2) is 0 Å². The minimum atomic E-state index is 0.761. The van der Waals surface area contributed by atoms with Crippen molar-refractivity contribution < 1.29 is 0 Å². The van der Waals surface area contributed by atoms with Crippen LogP contribution in [0.2, 0.25) is 5.02 Å². The summed E-state index contributed by atoms with van der Waals surface area (Å²) in [6, 6.07) is 24.4. The van der Waals surface area contributed by atoms with E-state index in [-0.39, 0.29) is 0 Å². The molecule has 1 nitrogen and oxygen atoms in total. The Morgan fingerprint density at radius 1 is 0.826 bits per heavy atom. The number of aliphatic imine (C=N–C) groups is 1. The van der Waals surface area contributed by atoms with Crippen LogP contribution in [0.4, 0.5) is 5.69 Å². The molecule has 0 radical (unpaired) electrons. The summed E-state index contributed by atoms with van der Waals surface area (Å²) < 4.78 is 0. The second kappa shape index (κ2) is 7.49. The fourth-order valence-electron chi connectivity index (χ4n) is 2.11. The fourth-order valence-corrected chi connectivity index (χ4v) is 3.06. The predicted molar refractivity (Wildman–Crippen MR) is 100 cm³/mol. The van der Waals surface area contributed by atoms with Crippen molar-refractivity contribution in [3.63, 3.8) is 0 Å². The highest BCUT2D eigenvalue weighted by molar-refractivity contribution is 7.99. The van der Waals surface area contributed by atoms with Crippen LogP contribution in [-0.4, -0.2) is 6.21 Å². The minimum Gasteiger partial charge on any atom is -0.256 e. The summed E-state index contributed by atoms with van der Waals surface area (Å²) in [4.78, 5) is 6.92. The Morgan fingerprint density at radius 3 is 2.09 bits per heavy atom. The van der Waals surface area contributed by atoms with Crippen molar-refractivity contribution in [3.05, 3.63) is 88.9 Å². The summed E-state index contributed by atoms with van der Waals surface area (Å²) in [6.07, 6.45) is 1.90. The molecule has 0 aliphatic rings. The van der Waals surface area contributed by atoms with Crippen molar-refractivity contribution in [2.45, 2.75) is 16.7 Å². The molecule has 0 unspecified atom stereocenters. The van der Waals surface area contributed by atoms with Crippen LogP contribution in [0.5, 0.6) is 0 Å². The standard InChI is InChI=1S/C20H16ClNS/c1-15-4-2-3-5-20(15)22-14-16-6-10-18(11-7-16)23-19-12-8-17(21)9-13-19/h2-14H,1H3. The molecule has 0 heterocycles. The average Bonchev–Trinajstić information content (AvgIpc) is 2.58. The van der Waals surface area contributed by atoms with E-state index >= 15 is 0 Å². The predicted octanol–water partition coefficient (Wildman–Crippen LogP) is 6.55. The molecule has 0 bridgehead atoms. The molecule has 23 heavy (non-hydrogen) atoms. The average molecular weight is 338 g/mol. The molecule has 0 saturated heterocycles. The highest BCUT2D eigenvalue weighted by Crippen LogP contribution is 2.28. The molecule has 0 spiro atoms. The van der Waals surface area contributed by atoms with Crippen LogP contribution in [0.15, 0.2) is 87.6 Å². The van der Waals surface area contributed by atoms with Crippen molar-refractivity contribution >= 4 is 35.3 Å². The smallest absolute Gasteiger partial charge is 0.0659 e. The number of nitrogens with zero attached hydrogens (tertiary/aromatic N) is 1. The SMILES string of the molecule is Cc1ccccc1N=Cc1ccc(Sc2ccc(Cl)cc2)cc1. The maximum absolute atomic E-state index is 5.91. The number of aryl methyl sites for hydroxylation is 1. The first-order valence-electron chi connectivity index (χ1n) is 7.34. The molecule has 3 heteroatoms. The monoisotopic (exact) mass is 337 g/mol.